The van der Waals surface area contributed by atoms with Crippen molar-refractivity contribution in [3.8, 4) is 0 Å². The van der Waals surface area contributed by atoms with Crippen LogP contribution in [0.5, 0.6) is 0 Å². The highest BCUT2D eigenvalue weighted by Gasteiger charge is 2.51. The maximum absolute atomic E-state index is 6.39. The van der Waals surface area contributed by atoms with E-state index >= 15 is 0 Å². The van der Waals surface area contributed by atoms with Gasteiger partial charge in [-0.05, 0) is 97.0 Å². The van der Waals surface area contributed by atoms with Crippen molar-refractivity contribution < 1.29 is 9.31 Å². The summed E-state index contributed by atoms with van der Waals surface area (Å²) in [6.07, 6.45) is 0. The van der Waals surface area contributed by atoms with Crippen molar-refractivity contribution in [2.45, 2.75) is 80.4 Å². The lowest BCUT2D eigenvalue weighted by Gasteiger charge is -2.32. The van der Waals surface area contributed by atoms with Gasteiger partial charge in [0.25, 0.3) is 0 Å². The van der Waals surface area contributed by atoms with Gasteiger partial charge in [0.15, 0.2) is 0 Å². The van der Waals surface area contributed by atoms with Gasteiger partial charge >= 0.3 is 7.12 Å². The fourth-order valence-corrected chi connectivity index (χ4v) is 4.97. The molecule has 3 aromatic carbocycles. The van der Waals surface area contributed by atoms with E-state index in [1.54, 1.807) is 0 Å². The third-order valence-corrected chi connectivity index (χ3v) is 8.59. The molecule has 4 heteroatoms. The van der Waals surface area contributed by atoms with Crippen molar-refractivity contribution in [2.75, 3.05) is 0 Å². The van der Waals surface area contributed by atoms with E-state index in [1.165, 1.54) is 49.8 Å². The maximum atomic E-state index is 6.39. The van der Waals surface area contributed by atoms with E-state index < -0.39 is 0 Å². The summed E-state index contributed by atoms with van der Waals surface area (Å²) in [6, 6.07) is 18.0. The molecule has 0 bridgehead atoms. The second-order valence-electron chi connectivity index (χ2n) is 11.1. The Morgan fingerprint density at radius 3 is 1.56 bits per heavy atom. The first-order valence-corrected chi connectivity index (χ1v) is 12.4. The molecule has 2 nitrogen and oxygen atoms in total. The third-order valence-electron chi connectivity index (χ3n) is 8.59. The Bertz CT molecular complexity index is 1170. The van der Waals surface area contributed by atoms with Gasteiger partial charge in [0.1, 0.15) is 0 Å². The highest BCUT2D eigenvalue weighted by atomic mass is 16.7. The standard InChI is InChI=1S/C30H38B2O2/c1-19-14-16-27(23(5)21(19)3)31(28-17-15-20(2)22(4)24(28)6)25-12-11-13-26(18-25)32-33-29(7,8)30(9,10)34-32/h11-18H,1-10H3. The van der Waals surface area contributed by atoms with Crippen LogP contribution in [0.15, 0.2) is 48.5 Å². The van der Waals surface area contributed by atoms with Gasteiger partial charge in [-0.15, -0.1) is 0 Å². The van der Waals surface area contributed by atoms with Crippen molar-refractivity contribution in [1.29, 1.82) is 0 Å². The molecule has 1 aliphatic heterocycles. The van der Waals surface area contributed by atoms with Crippen molar-refractivity contribution in [3.05, 3.63) is 81.9 Å². The lowest BCUT2D eigenvalue weighted by molar-refractivity contribution is 0.00578. The van der Waals surface area contributed by atoms with Crippen LogP contribution in [0.4, 0.5) is 0 Å². The quantitative estimate of drug-likeness (QED) is 0.549. The van der Waals surface area contributed by atoms with E-state index in [9.17, 15) is 0 Å². The van der Waals surface area contributed by atoms with E-state index in [0.717, 1.165) is 5.46 Å². The number of aryl methyl sites for hydroxylation is 2. The van der Waals surface area contributed by atoms with Gasteiger partial charge < -0.3 is 9.31 Å². The molecule has 0 amide bonds. The average Bonchev–Trinajstić information content (AvgIpc) is 3.01. The number of rotatable bonds is 4. The molecule has 0 spiro atoms. The van der Waals surface area contributed by atoms with E-state index in [4.69, 9.17) is 9.31 Å². The molecule has 0 aromatic heterocycles. The van der Waals surface area contributed by atoms with Crippen molar-refractivity contribution in [3.63, 3.8) is 0 Å². The molecular weight excluding hydrogens is 414 g/mol. The first kappa shape index (κ1) is 24.8. The molecule has 0 atom stereocenters. The molecule has 34 heavy (non-hydrogen) atoms. The predicted molar refractivity (Wildman–Crippen MR) is 148 cm³/mol. The smallest absolute Gasteiger partial charge is 0.399 e. The van der Waals surface area contributed by atoms with Crippen molar-refractivity contribution >= 4 is 35.7 Å². The zero-order valence-electron chi connectivity index (χ0n) is 22.6. The molecule has 0 aliphatic carbocycles. The van der Waals surface area contributed by atoms with Crippen molar-refractivity contribution in [2.24, 2.45) is 0 Å². The maximum Gasteiger partial charge on any atom is 0.494 e. The zero-order chi connectivity index (χ0) is 25.0. The summed E-state index contributed by atoms with van der Waals surface area (Å²) in [5, 5.41) is 0. The molecule has 4 rings (SSSR count). The van der Waals surface area contributed by atoms with Gasteiger partial charge in [0.2, 0.25) is 6.71 Å². The Balaban J connectivity index is 1.89. The lowest BCUT2D eigenvalue weighted by atomic mass is 9.35. The van der Waals surface area contributed by atoms with Gasteiger partial charge in [-0.25, -0.2) is 0 Å². The minimum atomic E-state index is -0.368. The van der Waals surface area contributed by atoms with Crippen LogP contribution in [0.3, 0.4) is 0 Å². The lowest BCUT2D eigenvalue weighted by Crippen LogP contribution is -2.55. The largest absolute Gasteiger partial charge is 0.494 e. The third kappa shape index (κ3) is 4.16. The molecule has 1 aliphatic rings. The van der Waals surface area contributed by atoms with Crippen LogP contribution in [0.2, 0.25) is 0 Å². The molecule has 0 unspecified atom stereocenters. The second kappa shape index (κ2) is 8.73. The minimum absolute atomic E-state index is 0.140. The minimum Gasteiger partial charge on any atom is -0.399 e. The molecule has 3 aromatic rings. The van der Waals surface area contributed by atoms with E-state index in [1.807, 2.05) is 0 Å². The first-order valence-electron chi connectivity index (χ1n) is 12.4. The van der Waals surface area contributed by atoms with Gasteiger partial charge in [0, 0.05) is 0 Å². The SMILES string of the molecule is Cc1ccc(B(c2cccc(B3OC(C)(C)C(C)(C)O3)c2)c2ccc(C)c(C)c2C)c(C)c1C. The van der Waals surface area contributed by atoms with Crippen LogP contribution in [0.1, 0.15) is 61.1 Å². The van der Waals surface area contributed by atoms with Gasteiger partial charge in [-0.2, -0.15) is 0 Å². The molecule has 1 fully saturated rings. The topological polar surface area (TPSA) is 18.5 Å². The van der Waals surface area contributed by atoms with E-state index in [0.29, 0.717) is 0 Å². The van der Waals surface area contributed by atoms with Crippen molar-refractivity contribution in [1.82, 2.24) is 0 Å². The predicted octanol–water partition coefficient (Wildman–Crippen LogP) is 4.35. The Labute approximate surface area is 207 Å². The summed E-state index contributed by atoms with van der Waals surface area (Å²) in [7, 11) is -0.368. The molecule has 0 saturated carbocycles. The highest BCUT2D eigenvalue weighted by molar-refractivity contribution is 6.96. The number of hydrogen-bond acceptors (Lipinski definition) is 2. The monoisotopic (exact) mass is 452 g/mol. The molecule has 176 valence electrons. The summed E-state index contributed by atoms with van der Waals surface area (Å²) >= 11 is 0. The van der Waals surface area contributed by atoms with Gasteiger partial charge in [-0.1, -0.05) is 76.0 Å². The zero-order valence-corrected chi connectivity index (χ0v) is 22.6. The first-order chi connectivity index (χ1) is 15.8. The normalized spacial score (nSPS) is 16.7. The Morgan fingerprint density at radius 2 is 1.09 bits per heavy atom. The molecule has 1 heterocycles. The van der Waals surface area contributed by atoms with Crippen LogP contribution in [0.25, 0.3) is 0 Å². The molecular formula is C30H38B2O2. The fraction of sp³-hybridized carbons (Fsp3) is 0.400. The number of hydrogen-bond donors (Lipinski definition) is 0. The van der Waals surface area contributed by atoms with Gasteiger partial charge in [-0.3, -0.25) is 0 Å². The fourth-order valence-electron chi connectivity index (χ4n) is 4.97. The van der Waals surface area contributed by atoms with E-state index in [2.05, 4.69) is 118 Å². The number of benzene rings is 3. The highest BCUT2D eigenvalue weighted by Crippen LogP contribution is 2.36. The summed E-state index contributed by atoms with van der Waals surface area (Å²) < 4.78 is 12.8. The summed E-state index contributed by atoms with van der Waals surface area (Å²) in [4.78, 5) is 0. The summed E-state index contributed by atoms with van der Waals surface area (Å²) in [6.45, 7) is 22.0. The average molecular weight is 452 g/mol. The Morgan fingerprint density at radius 1 is 0.618 bits per heavy atom. The molecule has 0 radical (unpaired) electrons. The van der Waals surface area contributed by atoms with Crippen LogP contribution in [0, 0.1) is 41.5 Å². The second-order valence-corrected chi connectivity index (χ2v) is 11.1. The summed E-state index contributed by atoms with van der Waals surface area (Å²) in [5.41, 5.74) is 12.5. The Kier molecular flexibility index (Phi) is 6.38. The Hall–Kier alpha value is -2.29. The van der Waals surface area contributed by atoms with E-state index in [-0.39, 0.29) is 25.0 Å². The summed E-state index contributed by atoms with van der Waals surface area (Å²) in [5.74, 6) is 0. The molecule has 0 N–H and O–H groups in total. The molecule has 1 saturated heterocycles. The van der Waals surface area contributed by atoms with Crippen LogP contribution in [-0.4, -0.2) is 25.0 Å². The van der Waals surface area contributed by atoms with Crippen LogP contribution in [-0.2, 0) is 9.31 Å². The van der Waals surface area contributed by atoms with Gasteiger partial charge in [0.05, 0.1) is 11.2 Å². The van der Waals surface area contributed by atoms with Crippen LogP contribution >= 0.6 is 0 Å². The van der Waals surface area contributed by atoms with Crippen LogP contribution < -0.4 is 21.9 Å².